The molecule has 0 atom stereocenters. The molecule has 0 saturated heterocycles. The summed E-state index contributed by atoms with van der Waals surface area (Å²) in [6.07, 6.45) is 3.88. The predicted octanol–water partition coefficient (Wildman–Crippen LogP) is 5.58. The van der Waals surface area contributed by atoms with E-state index in [1.165, 1.54) is 5.69 Å². The van der Waals surface area contributed by atoms with E-state index >= 15 is 0 Å². The molecule has 0 amide bonds. The van der Waals surface area contributed by atoms with Gasteiger partial charge in [-0.15, -0.1) is 0 Å². The van der Waals surface area contributed by atoms with Gasteiger partial charge in [-0.3, -0.25) is 0 Å². The van der Waals surface area contributed by atoms with Crippen molar-refractivity contribution >= 4 is 28.2 Å². The first-order chi connectivity index (χ1) is 14.2. The Labute approximate surface area is 170 Å². The van der Waals surface area contributed by atoms with Gasteiger partial charge in [-0.2, -0.15) is 10.2 Å². The molecule has 2 heterocycles. The Kier molecular flexibility index (Phi) is 5.33. The lowest BCUT2D eigenvalue weighted by molar-refractivity contribution is -0.670. The van der Waals surface area contributed by atoms with Crippen LogP contribution in [-0.4, -0.2) is 18.1 Å². The van der Waals surface area contributed by atoms with E-state index in [1.54, 1.807) is 0 Å². The molecular weight excluding hydrogens is 362 g/mol. The number of anilines is 1. The molecule has 0 N–H and O–H groups in total. The van der Waals surface area contributed by atoms with Crippen LogP contribution in [0.1, 0.15) is 13.8 Å². The van der Waals surface area contributed by atoms with Gasteiger partial charge in [0, 0.05) is 30.4 Å². The zero-order chi connectivity index (χ0) is 20.2. The first-order valence-electron chi connectivity index (χ1n) is 9.79. The maximum absolute atomic E-state index is 5.84. The van der Waals surface area contributed by atoms with Gasteiger partial charge in [0.2, 0.25) is 5.89 Å². The van der Waals surface area contributed by atoms with E-state index < -0.39 is 0 Å². The number of rotatable bonds is 6. The number of hydrogen-bond acceptors (Lipinski definition) is 5. The van der Waals surface area contributed by atoms with Crippen molar-refractivity contribution in [1.29, 1.82) is 0 Å². The monoisotopic (exact) mass is 386 g/mol. The van der Waals surface area contributed by atoms with E-state index in [2.05, 4.69) is 46.1 Å². The van der Waals surface area contributed by atoms with Crippen molar-refractivity contribution in [1.82, 2.24) is 4.98 Å². The van der Waals surface area contributed by atoms with Crippen molar-refractivity contribution in [3.05, 3.63) is 67.0 Å². The van der Waals surface area contributed by atoms with Gasteiger partial charge in [0.1, 0.15) is 7.05 Å². The average Bonchev–Trinajstić information content (AvgIpc) is 3.17. The van der Waals surface area contributed by atoms with Gasteiger partial charge in [-0.25, -0.2) is 9.55 Å². The zero-order valence-corrected chi connectivity index (χ0v) is 16.9. The van der Waals surface area contributed by atoms with Gasteiger partial charge < -0.3 is 9.32 Å². The second-order valence-electron chi connectivity index (χ2n) is 6.81. The lowest BCUT2D eigenvalue weighted by atomic mass is 10.2. The standard InChI is InChI=1S/C23H24N5O/c1-4-28(5-2)20-12-10-19(11-13-20)26-25-18-8-6-17(7-9-18)23-24-21-16-27(3)15-14-22(21)29-23/h6-16H,4-5H2,1-3H3/q+1. The van der Waals surface area contributed by atoms with Crippen LogP contribution in [0.15, 0.2) is 81.6 Å². The number of aromatic nitrogens is 2. The molecule has 146 valence electrons. The van der Waals surface area contributed by atoms with Gasteiger partial charge in [0.25, 0.3) is 0 Å². The largest absolute Gasteiger partial charge is 0.436 e. The molecule has 6 heteroatoms. The fourth-order valence-electron chi connectivity index (χ4n) is 3.21. The molecule has 2 aromatic carbocycles. The first kappa shape index (κ1) is 18.8. The molecule has 0 fully saturated rings. The Bertz CT molecular complexity index is 1130. The summed E-state index contributed by atoms with van der Waals surface area (Å²) < 4.78 is 7.80. The van der Waals surface area contributed by atoms with Crippen LogP contribution in [0.5, 0.6) is 0 Å². The number of aryl methyl sites for hydroxylation is 1. The number of fused-ring (bicyclic) bond motifs is 1. The van der Waals surface area contributed by atoms with Gasteiger partial charge in [-0.05, 0) is 62.4 Å². The van der Waals surface area contributed by atoms with Gasteiger partial charge in [-0.1, -0.05) is 0 Å². The topological polar surface area (TPSA) is 57.9 Å². The van der Waals surface area contributed by atoms with Gasteiger partial charge in [0.15, 0.2) is 23.5 Å². The smallest absolute Gasteiger partial charge is 0.227 e. The molecule has 0 aliphatic heterocycles. The molecule has 29 heavy (non-hydrogen) atoms. The summed E-state index contributed by atoms with van der Waals surface area (Å²) in [5, 5.41) is 8.68. The van der Waals surface area contributed by atoms with E-state index in [0.29, 0.717) is 5.89 Å². The Hall–Kier alpha value is -3.54. The number of pyridine rings is 1. The summed E-state index contributed by atoms with van der Waals surface area (Å²) in [6.45, 7) is 6.29. The van der Waals surface area contributed by atoms with Gasteiger partial charge >= 0.3 is 0 Å². The highest BCUT2D eigenvalue weighted by atomic mass is 16.3. The third-order valence-electron chi connectivity index (χ3n) is 4.84. The van der Waals surface area contributed by atoms with Crippen molar-refractivity contribution in [2.45, 2.75) is 13.8 Å². The second-order valence-corrected chi connectivity index (χ2v) is 6.81. The molecule has 0 aliphatic carbocycles. The van der Waals surface area contributed by atoms with Crippen molar-refractivity contribution in [3.63, 3.8) is 0 Å². The molecule has 6 nitrogen and oxygen atoms in total. The average molecular weight is 386 g/mol. The molecule has 0 unspecified atom stereocenters. The third kappa shape index (κ3) is 4.16. The van der Waals surface area contributed by atoms with Crippen molar-refractivity contribution < 1.29 is 8.98 Å². The number of benzene rings is 2. The Morgan fingerprint density at radius 1 is 0.897 bits per heavy atom. The molecular formula is C23H24N5O+. The molecule has 0 spiro atoms. The minimum Gasteiger partial charge on any atom is -0.436 e. The fraction of sp³-hybridized carbons (Fsp3) is 0.217. The number of hydrogen-bond donors (Lipinski definition) is 0. The minimum absolute atomic E-state index is 0.599. The van der Waals surface area contributed by atoms with E-state index in [9.17, 15) is 0 Å². The zero-order valence-electron chi connectivity index (χ0n) is 16.9. The second kappa shape index (κ2) is 8.22. The Balaban J connectivity index is 1.48. The summed E-state index contributed by atoms with van der Waals surface area (Å²) >= 11 is 0. The van der Waals surface area contributed by atoms with Crippen LogP contribution < -0.4 is 9.47 Å². The summed E-state index contributed by atoms with van der Waals surface area (Å²) in [4.78, 5) is 6.86. The SMILES string of the molecule is CCN(CC)c1ccc(N=Nc2ccc(-c3nc4c[n+](C)ccc4o3)cc2)cc1. The summed E-state index contributed by atoms with van der Waals surface area (Å²) in [5.41, 5.74) is 5.33. The lowest BCUT2D eigenvalue weighted by Gasteiger charge is -2.20. The fourth-order valence-corrected chi connectivity index (χ4v) is 3.21. The molecule has 0 bridgehead atoms. The van der Waals surface area contributed by atoms with Crippen LogP contribution in [-0.2, 0) is 7.05 Å². The minimum atomic E-state index is 0.599. The first-order valence-corrected chi connectivity index (χ1v) is 9.79. The van der Waals surface area contributed by atoms with E-state index in [-0.39, 0.29) is 0 Å². The molecule has 0 radical (unpaired) electrons. The normalized spacial score (nSPS) is 11.4. The predicted molar refractivity (Wildman–Crippen MR) is 115 cm³/mol. The molecule has 0 aliphatic rings. The highest BCUT2D eigenvalue weighted by Crippen LogP contribution is 2.26. The maximum atomic E-state index is 5.84. The quantitative estimate of drug-likeness (QED) is 0.321. The van der Waals surface area contributed by atoms with Crippen molar-refractivity contribution in [2.75, 3.05) is 18.0 Å². The van der Waals surface area contributed by atoms with Crippen molar-refractivity contribution in [3.8, 4) is 11.5 Å². The maximum Gasteiger partial charge on any atom is 0.227 e. The van der Waals surface area contributed by atoms with E-state index in [1.807, 2.05) is 66.5 Å². The van der Waals surface area contributed by atoms with Crippen molar-refractivity contribution in [2.24, 2.45) is 17.3 Å². The number of oxazole rings is 1. The van der Waals surface area contributed by atoms with Crippen LogP contribution in [0.25, 0.3) is 22.6 Å². The van der Waals surface area contributed by atoms with Crippen LogP contribution >= 0.6 is 0 Å². The van der Waals surface area contributed by atoms with Crippen LogP contribution in [0, 0.1) is 0 Å². The number of nitrogens with zero attached hydrogens (tertiary/aromatic N) is 5. The molecule has 2 aromatic heterocycles. The molecule has 4 aromatic rings. The number of azo groups is 1. The van der Waals surface area contributed by atoms with E-state index in [4.69, 9.17) is 4.42 Å². The molecule has 0 saturated carbocycles. The molecule has 4 rings (SSSR count). The van der Waals surface area contributed by atoms with Crippen LogP contribution in [0.3, 0.4) is 0 Å². The summed E-state index contributed by atoms with van der Waals surface area (Å²) in [5.74, 6) is 0.599. The van der Waals surface area contributed by atoms with Crippen LogP contribution in [0.2, 0.25) is 0 Å². The lowest BCUT2D eigenvalue weighted by Crippen LogP contribution is -2.25. The van der Waals surface area contributed by atoms with Crippen LogP contribution in [0.4, 0.5) is 17.1 Å². The highest BCUT2D eigenvalue weighted by molar-refractivity contribution is 5.74. The van der Waals surface area contributed by atoms with E-state index in [0.717, 1.165) is 41.1 Å². The Morgan fingerprint density at radius 2 is 1.52 bits per heavy atom. The summed E-state index contributed by atoms with van der Waals surface area (Å²) in [6, 6.07) is 17.8. The summed E-state index contributed by atoms with van der Waals surface area (Å²) in [7, 11) is 1.96. The highest BCUT2D eigenvalue weighted by Gasteiger charge is 2.10. The Morgan fingerprint density at radius 3 is 2.14 bits per heavy atom. The third-order valence-corrected chi connectivity index (χ3v) is 4.84. The van der Waals surface area contributed by atoms with Gasteiger partial charge in [0.05, 0.1) is 11.4 Å².